The largest absolute Gasteiger partial charge is 0.508 e. The molecule has 1 fully saturated rings. The summed E-state index contributed by atoms with van der Waals surface area (Å²) in [4.78, 5) is 2.61. The van der Waals surface area contributed by atoms with Crippen molar-refractivity contribution in [3.05, 3.63) is 29.3 Å². The molecule has 0 saturated carbocycles. The summed E-state index contributed by atoms with van der Waals surface area (Å²) in [6.07, 6.45) is 6.29. The molecule has 0 spiro atoms. The molecule has 86 valence electrons. The van der Waals surface area contributed by atoms with Gasteiger partial charge in [0.2, 0.25) is 0 Å². The van der Waals surface area contributed by atoms with Gasteiger partial charge in [-0.1, -0.05) is 18.6 Å². The maximum Gasteiger partial charge on any atom is 0.119 e. The van der Waals surface area contributed by atoms with Crippen LogP contribution in [0.1, 0.15) is 42.9 Å². The summed E-state index contributed by atoms with van der Waals surface area (Å²) < 4.78 is 0. The molecule has 0 unspecified atom stereocenters. The quantitative estimate of drug-likeness (QED) is 0.782. The van der Waals surface area contributed by atoms with Crippen molar-refractivity contribution in [1.82, 2.24) is 4.90 Å². The van der Waals surface area contributed by atoms with Crippen molar-refractivity contribution in [2.45, 2.75) is 38.1 Å². The first-order valence-electron chi connectivity index (χ1n) is 6.41. The molecule has 0 amide bonds. The monoisotopic (exact) mass is 217 g/mol. The van der Waals surface area contributed by atoms with Gasteiger partial charge in [0, 0.05) is 6.04 Å². The van der Waals surface area contributed by atoms with Gasteiger partial charge in [0.15, 0.2) is 0 Å². The van der Waals surface area contributed by atoms with Crippen LogP contribution in [0.4, 0.5) is 0 Å². The topological polar surface area (TPSA) is 23.5 Å². The molecule has 1 aliphatic carbocycles. The average Bonchev–Trinajstić information content (AvgIpc) is 2.75. The molecule has 1 aliphatic heterocycles. The van der Waals surface area contributed by atoms with Crippen molar-refractivity contribution in [2.24, 2.45) is 0 Å². The molecule has 1 N–H and O–H groups in total. The number of nitrogens with zero attached hydrogens (tertiary/aromatic N) is 1. The van der Waals surface area contributed by atoms with E-state index in [1.165, 1.54) is 49.9 Å². The van der Waals surface area contributed by atoms with Gasteiger partial charge >= 0.3 is 0 Å². The Kier molecular flexibility index (Phi) is 2.60. The van der Waals surface area contributed by atoms with Crippen LogP contribution in [0.25, 0.3) is 0 Å². The normalized spacial score (nSPS) is 25.6. The fourth-order valence-electron chi connectivity index (χ4n) is 3.22. The van der Waals surface area contributed by atoms with Crippen molar-refractivity contribution in [3.8, 4) is 5.75 Å². The number of piperidine rings is 1. The van der Waals surface area contributed by atoms with E-state index in [4.69, 9.17) is 0 Å². The van der Waals surface area contributed by atoms with Gasteiger partial charge in [-0.15, -0.1) is 0 Å². The standard InChI is InChI=1S/C14H19NO/c16-14-6-4-5-11-12(14)7-8-13(11)15-9-2-1-3-10-15/h4-6,13,16H,1-3,7-10H2/t13-/m1/s1. The summed E-state index contributed by atoms with van der Waals surface area (Å²) in [6.45, 7) is 2.47. The number of aromatic hydroxyl groups is 1. The zero-order chi connectivity index (χ0) is 11.0. The van der Waals surface area contributed by atoms with Crippen molar-refractivity contribution in [1.29, 1.82) is 0 Å². The lowest BCUT2D eigenvalue weighted by Crippen LogP contribution is -2.32. The average molecular weight is 217 g/mol. The highest BCUT2D eigenvalue weighted by molar-refractivity contribution is 5.44. The molecule has 2 nitrogen and oxygen atoms in total. The molecule has 0 bridgehead atoms. The van der Waals surface area contributed by atoms with Crippen LogP contribution in [-0.4, -0.2) is 23.1 Å². The van der Waals surface area contributed by atoms with Gasteiger partial charge in [-0.25, -0.2) is 0 Å². The zero-order valence-electron chi connectivity index (χ0n) is 9.65. The van der Waals surface area contributed by atoms with Crippen LogP contribution < -0.4 is 0 Å². The lowest BCUT2D eigenvalue weighted by Gasteiger charge is -2.32. The summed E-state index contributed by atoms with van der Waals surface area (Å²) in [5.41, 5.74) is 2.57. The lowest BCUT2D eigenvalue weighted by atomic mass is 10.0. The second-order valence-corrected chi connectivity index (χ2v) is 5.00. The number of phenols is 1. The Hall–Kier alpha value is -1.02. The number of rotatable bonds is 1. The van der Waals surface area contributed by atoms with Gasteiger partial charge < -0.3 is 5.11 Å². The number of hydrogen-bond acceptors (Lipinski definition) is 2. The van der Waals surface area contributed by atoms with Crippen molar-refractivity contribution in [2.75, 3.05) is 13.1 Å². The Morgan fingerprint density at radius 2 is 1.94 bits per heavy atom. The molecule has 1 atom stereocenters. The van der Waals surface area contributed by atoms with E-state index in [-0.39, 0.29) is 0 Å². The summed E-state index contributed by atoms with van der Waals surface area (Å²) in [5, 5.41) is 9.83. The Balaban J connectivity index is 1.87. The molecule has 16 heavy (non-hydrogen) atoms. The fraction of sp³-hybridized carbons (Fsp3) is 0.571. The van der Waals surface area contributed by atoms with Gasteiger partial charge in [-0.2, -0.15) is 0 Å². The van der Waals surface area contributed by atoms with E-state index in [1.54, 1.807) is 0 Å². The first-order valence-corrected chi connectivity index (χ1v) is 6.41. The smallest absolute Gasteiger partial charge is 0.119 e. The molecular weight excluding hydrogens is 198 g/mol. The predicted octanol–water partition coefficient (Wildman–Crippen LogP) is 2.87. The maximum absolute atomic E-state index is 9.83. The Morgan fingerprint density at radius 3 is 2.75 bits per heavy atom. The van der Waals surface area contributed by atoms with Crippen molar-refractivity contribution in [3.63, 3.8) is 0 Å². The number of hydrogen-bond donors (Lipinski definition) is 1. The fourth-order valence-corrected chi connectivity index (χ4v) is 3.22. The van der Waals surface area contributed by atoms with E-state index in [0.29, 0.717) is 11.8 Å². The van der Waals surface area contributed by atoms with E-state index >= 15 is 0 Å². The van der Waals surface area contributed by atoms with Crippen molar-refractivity contribution < 1.29 is 5.11 Å². The Morgan fingerprint density at radius 1 is 1.12 bits per heavy atom. The predicted molar refractivity (Wildman–Crippen MR) is 64.6 cm³/mol. The highest BCUT2D eigenvalue weighted by atomic mass is 16.3. The molecule has 2 aliphatic rings. The Labute approximate surface area is 96.9 Å². The van der Waals surface area contributed by atoms with E-state index in [0.717, 1.165) is 6.42 Å². The molecule has 0 aromatic heterocycles. The van der Waals surface area contributed by atoms with E-state index in [1.807, 2.05) is 12.1 Å². The van der Waals surface area contributed by atoms with Crippen molar-refractivity contribution >= 4 is 0 Å². The molecule has 1 aromatic carbocycles. The SMILES string of the molecule is Oc1cccc2c1CC[C@H]2N1CCCCC1. The minimum Gasteiger partial charge on any atom is -0.508 e. The number of likely N-dealkylation sites (tertiary alicyclic amines) is 1. The lowest BCUT2D eigenvalue weighted by molar-refractivity contribution is 0.163. The van der Waals surface area contributed by atoms with Crippen LogP contribution in [-0.2, 0) is 6.42 Å². The van der Waals surface area contributed by atoms with Crippen LogP contribution in [0.3, 0.4) is 0 Å². The van der Waals surface area contributed by atoms with E-state index < -0.39 is 0 Å². The van der Waals surface area contributed by atoms with E-state index in [9.17, 15) is 5.11 Å². The van der Waals surface area contributed by atoms with Crippen LogP contribution in [0.5, 0.6) is 5.75 Å². The van der Waals surface area contributed by atoms with Gasteiger partial charge in [0.05, 0.1) is 0 Å². The number of benzene rings is 1. The summed E-state index contributed by atoms with van der Waals surface area (Å²) >= 11 is 0. The first-order chi connectivity index (χ1) is 7.86. The van der Waals surface area contributed by atoms with Crippen LogP contribution in [0.15, 0.2) is 18.2 Å². The van der Waals surface area contributed by atoms with Crippen LogP contribution >= 0.6 is 0 Å². The first kappa shape index (κ1) is 10.2. The molecule has 1 heterocycles. The van der Waals surface area contributed by atoms with E-state index in [2.05, 4.69) is 11.0 Å². The third-order valence-corrected chi connectivity index (χ3v) is 4.05. The Bertz CT molecular complexity index is 382. The molecule has 3 rings (SSSR count). The van der Waals surface area contributed by atoms with Gasteiger partial charge in [-0.05, 0) is 56.0 Å². The van der Waals surface area contributed by atoms with Gasteiger partial charge in [0.1, 0.15) is 5.75 Å². The van der Waals surface area contributed by atoms with Crippen LogP contribution in [0, 0.1) is 0 Å². The molecule has 2 heteroatoms. The summed E-state index contributed by atoms with van der Waals surface area (Å²) in [6, 6.07) is 6.57. The number of phenolic OH excluding ortho intramolecular Hbond substituents is 1. The van der Waals surface area contributed by atoms with Gasteiger partial charge in [-0.3, -0.25) is 4.90 Å². The third kappa shape index (κ3) is 1.61. The second kappa shape index (κ2) is 4.10. The minimum atomic E-state index is 0.497. The highest BCUT2D eigenvalue weighted by Crippen LogP contribution is 2.40. The highest BCUT2D eigenvalue weighted by Gasteiger charge is 2.29. The summed E-state index contributed by atoms with van der Waals surface area (Å²) in [5.74, 6) is 0.497. The zero-order valence-corrected chi connectivity index (χ0v) is 9.65. The molecule has 1 saturated heterocycles. The molecule has 1 aromatic rings. The number of fused-ring (bicyclic) bond motifs is 1. The van der Waals surface area contributed by atoms with Crippen LogP contribution in [0.2, 0.25) is 0 Å². The third-order valence-electron chi connectivity index (χ3n) is 4.05. The second-order valence-electron chi connectivity index (χ2n) is 5.00. The summed E-state index contributed by atoms with van der Waals surface area (Å²) in [7, 11) is 0. The molecule has 0 radical (unpaired) electrons. The minimum absolute atomic E-state index is 0.497. The van der Waals surface area contributed by atoms with Gasteiger partial charge in [0.25, 0.3) is 0 Å². The maximum atomic E-state index is 9.83. The molecular formula is C14H19NO.